The maximum Gasteiger partial charge on any atom is 0.138 e. The van der Waals surface area contributed by atoms with Crippen molar-refractivity contribution in [3.05, 3.63) is 28.2 Å². The van der Waals surface area contributed by atoms with Gasteiger partial charge in [0.15, 0.2) is 0 Å². The maximum absolute atomic E-state index is 5.80. The first-order valence-electron chi connectivity index (χ1n) is 5.85. The van der Waals surface area contributed by atoms with Crippen molar-refractivity contribution < 1.29 is 4.74 Å². The number of benzene rings is 1. The van der Waals surface area contributed by atoms with Crippen molar-refractivity contribution in [3.63, 3.8) is 0 Å². The molecule has 0 aromatic heterocycles. The Morgan fingerprint density at radius 1 is 1.44 bits per heavy atom. The van der Waals surface area contributed by atoms with E-state index in [1.165, 1.54) is 5.56 Å². The standard InChI is InChI=1S/C13H18BrNO/c1-9(2)15-12-7-4-8-16-13-10(12)5-3-6-11(13)14/h3,5-6,9,12,15H,4,7-8H2,1-2H3. The third-order valence-corrected chi connectivity index (χ3v) is 3.42. The second-order valence-corrected chi connectivity index (χ2v) is 5.38. The molecule has 0 bridgehead atoms. The van der Waals surface area contributed by atoms with E-state index in [1.807, 2.05) is 6.07 Å². The van der Waals surface area contributed by atoms with Crippen LogP contribution in [0.25, 0.3) is 0 Å². The highest BCUT2D eigenvalue weighted by atomic mass is 79.9. The summed E-state index contributed by atoms with van der Waals surface area (Å²) in [5.41, 5.74) is 1.28. The van der Waals surface area contributed by atoms with Crippen LogP contribution in [0.3, 0.4) is 0 Å². The minimum atomic E-state index is 0.412. The van der Waals surface area contributed by atoms with Crippen LogP contribution in [-0.2, 0) is 0 Å². The van der Waals surface area contributed by atoms with Crippen molar-refractivity contribution >= 4 is 15.9 Å². The Morgan fingerprint density at radius 2 is 2.25 bits per heavy atom. The van der Waals surface area contributed by atoms with Crippen LogP contribution in [0, 0.1) is 0 Å². The number of fused-ring (bicyclic) bond motifs is 1. The first kappa shape index (κ1) is 11.9. The van der Waals surface area contributed by atoms with Crippen molar-refractivity contribution in [2.45, 2.75) is 38.8 Å². The molecule has 0 amide bonds. The zero-order chi connectivity index (χ0) is 11.5. The first-order valence-corrected chi connectivity index (χ1v) is 6.65. The van der Waals surface area contributed by atoms with E-state index < -0.39 is 0 Å². The summed E-state index contributed by atoms with van der Waals surface area (Å²) in [6.45, 7) is 5.18. The second-order valence-electron chi connectivity index (χ2n) is 4.52. The lowest BCUT2D eigenvalue weighted by Crippen LogP contribution is -2.27. The Kier molecular flexibility index (Phi) is 3.87. The molecular formula is C13H18BrNO. The summed E-state index contributed by atoms with van der Waals surface area (Å²) in [5.74, 6) is 1.01. The molecule has 0 spiro atoms. The fraction of sp³-hybridized carbons (Fsp3) is 0.538. The van der Waals surface area contributed by atoms with Crippen molar-refractivity contribution in [1.29, 1.82) is 0 Å². The van der Waals surface area contributed by atoms with Crippen LogP contribution in [0.5, 0.6) is 5.75 Å². The van der Waals surface area contributed by atoms with E-state index in [4.69, 9.17) is 4.74 Å². The summed E-state index contributed by atoms with van der Waals surface area (Å²) in [7, 11) is 0. The number of para-hydroxylation sites is 1. The van der Waals surface area contributed by atoms with E-state index >= 15 is 0 Å². The highest BCUT2D eigenvalue weighted by molar-refractivity contribution is 9.10. The third-order valence-electron chi connectivity index (χ3n) is 2.79. The molecule has 1 unspecified atom stereocenters. The highest BCUT2D eigenvalue weighted by Crippen LogP contribution is 2.37. The predicted octanol–water partition coefficient (Wildman–Crippen LogP) is 3.66. The van der Waals surface area contributed by atoms with Gasteiger partial charge in [-0.05, 0) is 34.8 Å². The van der Waals surface area contributed by atoms with Gasteiger partial charge in [-0.15, -0.1) is 0 Å². The quantitative estimate of drug-likeness (QED) is 0.894. The van der Waals surface area contributed by atoms with Crippen LogP contribution in [0.4, 0.5) is 0 Å². The topological polar surface area (TPSA) is 21.3 Å². The fourth-order valence-electron chi connectivity index (χ4n) is 2.14. The van der Waals surface area contributed by atoms with Crippen LogP contribution in [0.1, 0.15) is 38.3 Å². The number of halogens is 1. The molecule has 0 radical (unpaired) electrons. The van der Waals surface area contributed by atoms with E-state index in [-0.39, 0.29) is 0 Å². The summed E-state index contributed by atoms with van der Waals surface area (Å²) in [6.07, 6.45) is 2.24. The average molecular weight is 284 g/mol. The SMILES string of the molecule is CC(C)NC1CCCOc2c(Br)cccc21. The van der Waals surface area contributed by atoms with Crippen molar-refractivity contribution in [1.82, 2.24) is 5.32 Å². The van der Waals surface area contributed by atoms with Gasteiger partial charge < -0.3 is 10.1 Å². The number of nitrogens with one attached hydrogen (secondary N) is 1. The molecule has 0 fully saturated rings. The molecule has 1 aromatic carbocycles. The number of hydrogen-bond donors (Lipinski definition) is 1. The number of rotatable bonds is 2. The van der Waals surface area contributed by atoms with E-state index in [1.54, 1.807) is 0 Å². The molecule has 0 saturated carbocycles. The number of ether oxygens (including phenoxy) is 1. The molecule has 1 aliphatic rings. The van der Waals surface area contributed by atoms with E-state index in [0.717, 1.165) is 29.7 Å². The highest BCUT2D eigenvalue weighted by Gasteiger charge is 2.21. The molecule has 3 heteroatoms. The molecule has 1 aromatic rings. The van der Waals surface area contributed by atoms with E-state index in [9.17, 15) is 0 Å². The van der Waals surface area contributed by atoms with Gasteiger partial charge in [0, 0.05) is 17.6 Å². The lowest BCUT2D eigenvalue weighted by molar-refractivity contribution is 0.313. The van der Waals surface area contributed by atoms with Crippen LogP contribution in [0.15, 0.2) is 22.7 Å². The molecule has 2 rings (SSSR count). The van der Waals surface area contributed by atoms with Crippen molar-refractivity contribution in [3.8, 4) is 5.75 Å². The molecule has 2 nitrogen and oxygen atoms in total. The molecule has 0 aliphatic carbocycles. The summed E-state index contributed by atoms with van der Waals surface area (Å²) in [6, 6.07) is 7.18. The molecule has 1 N–H and O–H groups in total. The van der Waals surface area contributed by atoms with Gasteiger partial charge in [0.05, 0.1) is 11.1 Å². The molecule has 1 heterocycles. The third kappa shape index (κ3) is 2.58. The van der Waals surface area contributed by atoms with Gasteiger partial charge in [-0.25, -0.2) is 0 Å². The minimum Gasteiger partial charge on any atom is -0.492 e. The van der Waals surface area contributed by atoms with Crippen LogP contribution in [-0.4, -0.2) is 12.6 Å². The Bertz CT molecular complexity index is 365. The Morgan fingerprint density at radius 3 is 3.00 bits per heavy atom. The van der Waals surface area contributed by atoms with Gasteiger partial charge in [-0.1, -0.05) is 26.0 Å². The summed E-state index contributed by atoms with van der Waals surface area (Å²) < 4.78 is 6.86. The van der Waals surface area contributed by atoms with Gasteiger partial charge in [0.25, 0.3) is 0 Å². The average Bonchev–Trinajstić information content (AvgIpc) is 2.42. The molecule has 1 atom stereocenters. The van der Waals surface area contributed by atoms with Crippen molar-refractivity contribution in [2.75, 3.05) is 6.61 Å². The summed E-state index contributed by atoms with van der Waals surface area (Å²) >= 11 is 3.56. The molecule has 0 saturated heterocycles. The van der Waals surface area contributed by atoms with Gasteiger partial charge in [-0.3, -0.25) is 0 Å². The molecular weight excluding hydrogens is 266 g/mol. The van der Waals surface area contributed by atoms with Gasteiger partial charge >= 0.3 is 0 Å². The molecule has 88 valence electrons. The largest absolute Gasteiger partial charge is 0.492 e. The van der Waals surface area contributed by atoms with E-state index in [0.29, 0.717) is 12.1 Å². The predicted molar refractivity (Wildman–Crippen MR) is 69.9 cm³/mol. The van der Waals surface area contributed by atoms with Crippen LogP contribution >= 0.6 is 15.9 Å². The maximum atomic E-state index is 5.80. The summed E-state index contributed by atoms with van der Waals surface area (Å²) in [4.78, 5) is 0. The Labute approximate surface area is 106 Å². The zero-order valence-electron chi connectivity index (χ0n) is 9.79. The summed E-state index contributed by atoms with van der Waals surface area (Å²) in [5, 5.41) is 3.60. The van der Waals surface area contributed by atoms with Crippen LogP contribution in [0.2, 0.25) is 0 Å². The lowest BCUT2D eigenvalue weighted by Gasteiger charge is -2.21. The first-order chi connectivity index (χ1) is 7.68. The smallest absolute Gasteiger partial charge is 0.138 e. The van der Waals surface area contributed by atoms with Gasteiger partial charge in [-0.2, -0.15) is 0 Å². The normalized spacial score (nSPS) is 20.1. The zero-order valence-corrected chi connectivity index (χ0v) is 11.4. The van der Waals surface area contributed by atoms with Gasteiger partial charge in [0.1, 0.15) is 5.75 Å². The second kappa shape index (κ2) is 5.19. The Balaban J connectivity index is 2.33. The molecule has 1 aliphatic heterocycles. The Hall–Kier alpha value is -0.540. The van der Waals surface area contributed by atoms with Crippen LogP contribution < -0.4 is 10.1 Å². The molecule has 16 heavy (non-hydrogen) atoms. The number of hydrogen-bond acceptors (Lipinski definition) is 2. The van der Waals surface area contributed by atoms with Crippen molar-refractivity contribution in [2.24, 2.45) is 0 Å². The monoisotopic (exact) mass is 283 g/mol. The minimum absolute atomic E-state index is 0.412. The van der Waals surface area contributed by atoms with E-state index in [2.05, 4.69) is 47.2 Å². The van der Waals surface area contributed by atoms with Gasteiger partial charge in [0.2, 0.25) is 0 Å². The lowest BCUT2D eigenvalue weighted by atomic mass is 10.0. The fourth-order valence-corrected chi connectivity index (χ4v) is 2.64.